The lowest BCUT2D eigenvalue weighted by molar-refractivity contribution is -0.114. The smallest absolute Gasteiger partial charge is 0.280 e. The molecule has 0 fully saturated rings. The van der Waals surface area contributed by atoms with Gasteiger partial charge >= 0.3 is 0 Å². The maximum atomic E-state index is 13.0. The Morgan fingerprint density at radius 2 is 1.69 bits per heavy atom. The molecule has 1 amide bonds. The molecule has 2 aromatic carbocycles. The summed E-state index contributed by atoms with van der Waals surface area (Å²) in [5.74, 6) is -0.113. The molecule has 0 spiro atoms. The van der Waals surface area contributed by atoms with Crippen LogP contribution in [0.15, 0.2) is 65.3 Å². The van der Waals surface area contributed by atoms with Gasteiger partial charge in [-0.3, -0.25) is 4.79 Å². The number of carbonyl (C=O) groups is 1. The van der Waals surface area contributed by atoms with E-state index in [1.54, 1.807) is 0 Å². The van der Waals surface area contributed by atoms with Gasteiger partial charge in [0, 0.05) is 22.1 Å². The molecule has 0 N–H and O–H groups in total. The molecule has 29 heavy (non-hydrogen) atoms. The lowest BCUT2D eigenvalue weighted by Crippen LogP contribution is -2.21. The summed E-state index contributed by atoms with van der Waals surface area (Å²) in [6, 6.07) is 17.5. The monoisotopic (exact) mass is 403 g/mol. The van der Waals surface area contributed by atoms with Gasteiger partial charge in [0.25, 0.3) is 5.91 Å². The summed E-state index contributed by atoms with van der Waals surface area (Å²) in [5, 5.41) is 6.67. The fourth-order valence-corrected chi connectivity index (χ4v) is 3.90. The number of carbonyl (C=O) groups excluding carboxylic acids is 1. The SMILES string of the molecule is CC1=NN(c2ccccc2)C(=O)C1=Cc1cc(C)n(-c2cccc(Cl)c2C)c1C. The van der Waals surface area contributed by atoms with Crippen LogP contribution in [0.5, 0.6) is 0 Å². The van der Waals surface area contributed by atoms with Gasteiger partial charge in [-0.25, -0.2) is 0 Å². The van der Waals surface area contributed by atoms with E-state index in [2.05, 4.69) is 35.6 Å². The first kappa shape index (κ1) is 19.2. The second-order valence-electron chi connectivity index (χ2n) is 7.24. The summed E-state index contributed by atoms with van der Waals surface area (Å²) < 4.78 is 2.18. The van der Waals surface area contributed by atoms with Crippen LogP contribution in [0, 0.1) is 20.8 Å². The van der Waals surface area contributed by atoms with E-state index in [4.69, 9.17) is 11.6 Å². The number of anilines is 1. The quantitative estimate of drug-likeness (QED) is 0.504. The number of hydrogen-bond donors (Lipinski definition) is 0. The van der Waals surface area contributed by atoms with Crippen molar-refractivity contribution in [2.24, 2.45) is 5.10 Å². The highest BCUT2D eigenvalue weighted by molar-refractivity contribution is 6.32. The van der Waals surface area contributed by atoms with Crippen molar-refractivity contribution < 1.29 is 4.79 Å². The van der Waals surface area contributed by atoms with Gasteiger partial charge in [-0.15, -0.1) is 0 Å². The van der Waals surface area contributed by atoms with Crippen LogP contribution >= 0.6 is 11.6 Å². The molecule has 0 bridgehead atoms. The van der Waals surface area contributed by atoms with Crippen molar-refractivity contribution in [3.8, 4) is 5.69 Å². The number of hydrazone groups is 1. The Bertz CT molecular complexity index is 1170. The first-order valence-corrected chi connectivity index (χ1v) is 9.87. The number of aromatic nitrogens is 1. The molecule has 0 atom stereocenters. The van der Waals surface area contributed by atoms with Gasteiger partial charge in [-0.05, 0) is 75.2 Å². The van der Waals surface area contributed by atoms with Crippen LogP contribution in [0.4, 0.5) is 5.69 Å². The number of rotatable bonds is 3. The second kappa shape index (κ2) is 7.37. The number of amides is 1. The average molecular weight is 404 g/mol. The zero-order valence-corrected chi connectivity index (χ0v) is 17.7. The highest BCUT2D eigenvalue weighted by Gasteiger charge is 2.29. The molecule has 4 rings (SSSR count). The minimum atomic E-state index is -0.113. The Labute approximate surface area is 175 Å². The number of hydrogen-bond acceptors (Lipinski definition) is 2. The van der Waals surface area contributed by atoms with Crippen molar-refractivity contribution >= 4 is 35.0 Å². The van der Waals surface area contributed by atoms with Gasteiger partial charge in [0.1, 0.15) is 0 Å². The molecular formula is C24H22ClN3O. The number of para-hydroxylation sites is 1. The Morgan fingerprint density at radius 1 is 0.966 bits per heavy atom. The molecule has 4 nitrogen and oxygen atoms in total. The predicted octanol–water partition coefficient (Wildman–Crippen LogP) is 5.86. The van der Waals surface area contributed by atoms with Gasteiger partial charge in [-0.2, -0.15) is 10.1 Å². The summed E-state index contributed by atoms with van der Waals surface area (Å²) in [6.07, 6.45) is 1.93. The third kappa shape index (κ3) is 3.30. The van der Waals surface area contributed by atoms with Gasteiger partial charge in [0.2, 0.25) is 0 Å². The lowest BCUT2D eigenvalue weighted by Gasteiger charge is -2.14. The topological polar surface area (TPSA) is 37.6 Å². The van der Waals surface area contributed by atoms with Crippen molar-refractivity contribution in [2.45, 2.75) is 27.7 Å². The normalized spacial score (nSPS) is 15.3. The van der Waals surface area contributed by atoms with Crippen LogP contribution in [-0.4, -0.2) is 16.2 Å². The highest BCUT2D eigenvalue weighted by Crippen LogP contribution is 2.30. The largest absolute Gasteiger partial charge is 0.318 e. The molecule has 1 aromatic heterocycles. The standard InChI is InChI=1S/C24H22ClN3O/c1-15-13-19(18(4)27(15)23-12-8-11-22(25)16(23)2)14-21-17(3)26-28(24(21)29)20-9-6-5-7-10-20/h5-14H,1-4H3. The minimum absolute atomic E-state index is 0.113. The molecule has 0 saturated carbocycles. The van der Waals surface area contributed by atoms with Crippen LogP contribution < -0.4 is 5.01 Å². The molecule has 0 radical (unpaired) electrons. The highest BCUT2D eigenvalue weighted by atomic mass is 35.5. The van der Waals surface area contributed by atoms with Crippen LogP contribution in [0.25, 0.3) is 11.8 Å². The third-order valence-electron chi connectivity index (χ3n) is 5.31. The molecular weight excluding hydrogens is 382 g/mol. The number of aryl methyl sites for hydroxylation is 1. The fourth-order valence-electron chi connectivity index (χ4n) is 3.73. The maximum Gasteiger partial charge on any atom is 0.280 e. The van der Waals surface area contributed by atoms with E-state index < -0.39 is 0 Å². The summed E-state index contributed by atoms with van der Waals surface area (Å²) >= 11 is 6.33. The van der Waals surface area contributed by atoms with Crippen molar-refractivity contribution in [1.29, 1.82) is 0 Å². The fraction of sp³-hybridized carbons (Fsp3) is 0.167. The average Bonchev–Trinajstić information content (AvgIpc) is 3.15. The number of nitrogens with zero attached hydrogens (tertiary/aromatic N) is 3. The van der Waals surface area contributed by atoms with Crippen LogP contribution in [0.3, 0.4) is 0 Å². The van der Waals surface area contributed by atoms with Gasteiger partial charge in [0.05, 0.1) is 17.0 Å². The zero-order valence-electron chi connectivity index (χ0n) is 16.9. The Morgan fingerprint density at radius 3 is 2.41 bits per heavy atom. The van der Waals surface area contributed by atoms with Gasteiger partial charge in [0.15, 0.2) is 0 Å². The van der Waals surface area contributed by atoms with Crippen LogP contribution in [-0.2, 0) is 4.79 Å². The third-order valence-corrected chi connectivity index (χ3v) is 5.72. The molecule has 1 aliphatic heterocycles. The molecule has 1 aliphatic rings. The van der Waals surface area contributed by atoms with Crippen molar-refractivity contribution in [1.82, 2.24) is 4.57 Å². The van der Waals surface area contributed by atoms with E-state index in [0.717, 1.165) is 38.9 Å². The van der Waals surface area contributed by atoms with Gasteiger partial charge < -0.3 is 4.57 Å². The predicted molar refractivity (Wildman–Crippen MR) is 120 cm³/mol. The van der Waals surface area contributed by atoms with E-state index in [1.165, 1.54) is 5.01 Å². The first-order chi connectivity index (χ1) is 13.9. The van der Waals surface area contributed by atoms with E-state index in [0.29, 0.717) is 11.3 Å². The molecule has 0 aliphatic carbocycles. The Hall–Kier alpha value is -3.11. The van der Waals surface area contributed by atoms with Crippen molar-refractivity contribution in [3.63, 3.8) is 0 Å². The molecule has 146 valence electrons. The number of benzene rings is 2. The van der Waals surface area contributed by atoms with E-state index in [1.807, 2.05) is 62.4 Å². The zero-order chi connectivity index (χ0) is 20.7. The molecule has 0 unspecified atom stereocenters. The summed E-state index contributed by atoms with van der Waals surface area (Å²) in [5.41, 5.74) is 7.29. The Kier molecular flexibility index (Phi) is 4.89. The van der Waals surface area contributed by atoms with E-state index in [-0.39, 0.29) is 5.91 Å². The summed E-state index contributed by atoms with van der Waals surface area (Å²) in [6.45, 7) is 8.00. The van der Waals surface area contributed by atoms with Crippen molar-refractivity contribution in [2.75, 3.05) is 5.01 Å². The molecule has 3 aromatic rings. The summed E-state index contributed by atoms with van der Waals surface area (Å²) in [4.78, 5) is 13.0. The van der Waals surface area contributed by atoms with Crippen LogP contribution in [0.2, 0.25) is 5.02 Å². The molecule has 2 heterocycles. The number of halogens is 1. The van der Waals surface area contributed by atoms with Crippen molar-refractivity contribution in [3.05, 3.63) is 87.7 Å². The molecule has 5 heteroatoms. The Balaban J connectivity index is 1.76. The lowest BCUT2D eigenvalue weighted by atomic mass is 10.1. The molecule has 0 saturated heterocycles. The van der Waals surface area contributed by atoms with Crippen LogP contribution in [0.1, 0.15) is 29.4 Å². The minimum Gasteiger partial charge on any atom is -0.318 e. The second-order valence-corrected chi connectivity index (χ2v) is 7.65. The van der Waals surface area contributed by atoms with E-state index >= 15 is 0 Å². The summed E-state index contributed by atoms with van der Waals surface area (Å²) in [7, 11) is 0. The maximum absolute atomic E-state index is 13.0. The first-order valence-electron chi connectivity index (χ1n) is 9.49. The van der Waals surface area contributed by atoms with Gasteiger partial charge in [-0.1, -0.05) is 35.9 Å². The van der Waals surface area contributed by atoms with E-state index in [9.17, 15) is 4.79 Å².